The summed E-state index contributed by atoms with van der Waals surface area (Å²) in [5.41, 5.74) is 2.92. The van der Waals surface area contributed by atoms with Crippen LogP contribution in [0.3, 0.4) is 0 Å². The summed E-state index contributed by atoms with van der Waals surface area (Å²) in [4.78, 5) is 12.8. The van der Waals surface area contributed by atoms with E-state index in [-0.39, 0.29) is 0 Å². The second kappa shape index (κ2) is 8.52. The molecule has 8 heteroatoms. The fourth-order valence-electron chi connectivity index (χ4n) is 2.89. The fraction of sp³-hybridized carbons (Fsp3) is 0.350. The van der Waals surface area contributed by atoms with Crippen LogP contribution in [0.2, 0.25) is 0 Å². The molecule has 1 amide bonds. The lowest BCUT2D eigenvalue weighted by atomic mass is 10.1. The molecule has 0 saturated carbocycles. The summed E-state index contributed by atoms with van der Waals surface area (Å²) in [6, 6.07) is 9.29. The number of hydrogen-bond donors (Lipinski definition) is 1. The van der Waals surface area contributed by atoms with Crippen molar-refractivity contribution in [2.45, 2.75) is 26.8 Å². The molecule has 2 rings (SSSR count). The van der Waals surface area contributed by atoms with E-state index in [1.165, 1.54) is 27.2 Å². The van der Waals surface area contributed by atoms with Crippen LogP contribution in [0.5, 0.6) is 11.5 Å². The average Bonchev–Trinajstić information content (AvgIpc) is 2.64. The first-order chi connectivity index (χ1) is 13.1. The second-order valence-corrected chi connectivity index (χ2v) is 8.37. The predicted octanol–water partition coefficient (Wildman–Crippen LogP) is 3.11. The summed E-state index contributed by atoms with van der Waals surface area (Å²) in [6.45, 7) is 5.39. The van der Waals surface area contributed by atoms with Crippen LogP contribution < -0.4 is 19.1 Å². The van der Waals surface area contributed by atoms with Gasteiger partial charge < -0.3 is 14.8 Å². The van der Waals surface area contributed by atoms with E-state index >= 15 is 0 Å². The molecule has 0 heterocycles. The van der Waals surface area contributed by atoms with Gasteiger partial charge >= 0.3 is 0 Å². The minimum atomic E-state index is -3.74. The number of hydrogen-bond acceptors (Lipinski definition) is 5. The van der Waals surface area contributed by atoms with Gasteiger partial charge in [-0.25, -0.2) is 8.42 Å². The number of methoxy groups -OCH3 is 2. The molecule has 0 spiro atoms. The Balaban J connectivity index is 2.40. The topological polar surface area (TPSA) is 84.9 Å². The van der Waals surface area contributed by atoms with E-state index in [0.29, 0.717) is 22.9 Å². The fourth-order valence-corrected chi connectivity index (χ4v) is 4.06. The number of nitrogens with one attached hydrogen (secondary N) is 1. The first kappa shape index (κ1) is 21.6. The van der Waals surface area contributed by atoms with Gasteiger partial charge in [0.2, 0.25) is 15.9 Å². The molecule has 0 aliphatic carbocycles. The zero-order valence-corrected chi connectivity index (χ0v) is 17.8. The van der Waals surface area contributed by atoms with Crippen molar-refractivity contribution >= 4 is 27.3 Å². The predicted molar refractivity (Wildman–Crippen MR) is 111 cm³/mol. The Hall–Kier alpha value is -2.74. The van der Waals surface area contributed by atoms with Gasteiger partial charge in [0.15, 0.2) is 11.5 Å². The summed E-state index contributed by atoms with van der Waals surface area (Å²) in [5.74, 6) is 0.400. The smallest absolute Gasteiger partial charge is 0.248 e. The Kier molecular flexibility index (Phi) is 6.56. The van der Waals surface area contributed by atoms with Crippen LogP contribution in [-0.2, 0) is 14.8 Å². The standard InChI is InChI=1S/C20H26N2O5S/c1-13-8-7-9-17(14(13)2)21-20(23)15(3)22(28(6,24)25)16-10-11-18(26-4)19(12-16)27-5/h7-12,15H,1-6H3,(H,21,23)/t15-/m1/s1. The molecule has 0 aromatic heterocycles. The molecule has 0 radical (unpaired) electrons. The molecule has 7 nitrogen and oxygen atoms in total. The number of carbonyl (C=O) groups is 1. The van der Waals surface area contributed by atoms with E-state index < -0.39 is 22.0 Å². The third kappa shape index (κ3) is 4.56. The van der Waals surface area contributed by atoms with Crippen molar-refractivity contribution in [2.24, 2.45) is 0 Å². The van der Waals surface area contributed by atoms with Crippen molar-refractivity contribution in [3.8, 4) is 11.5 Å². The van der Waals surface area contributed by atoms with Gasteiger partial charge in [-0.15, -0.1) is 0 Å². The Bertz CT molecular complexity index is 973. The van der Waals surface area contributed by atoms with Crippen LogP contribution in [0.4, 0.5) is 11.4 Å². The Morgan fingerprint density at radius 3 is 2.29 bits per heavy atom. The third-order valence-corrected chi connectivity index (χ3v) is 5.81. The highest BCUT2D eigenvalue weighted by atomic mass is 32.2. The molecular formula is C20H26N2O5S. The number of carbonyl (C=O) groups excluding carboxylic acids is 1. The van der Waals surface area contributed by atoms with Gasteiger partial charge in [0.1, 0.15) is 6.04 Å². The van der Waals surface area contributed by atoms with Crippen LogP contribution in [-0.4, -0.2) is 40.8 Å². The van der Waals surface area contributed by atoms with Gasteiger partial charge in [0, 0.05) is 11.8 Å². The first-order valence-electron chi connectivity index (χ1n) is 8.68. The first-order valence-corrected chi connectivity index (χ1v) is 10.5. The summed E-state index contributed by atoms with van der Waals surface area (Å²) in [5, 5.41) is 2.82. The van der Waals surface area contributed by atoms with Gasteiger partial charge in [-0.1, -0.05) is 12.1 Å². The van der Waals surface area contributed by atoms with E-state index in [2.05, 4.69) is 5.32 Å². The van der Waals surface area contributed by atoms with Crippen molar-refractivity contribution in [3.05, 3.63) is 47.5 Å². The summed E-state index contributed by atoms with van der Waals surface area (Å²) in [6.07, 6.45) is 1.06. The molecule has 1 atom stereocenters. The molecule has 1 N–H and O–H groups in total. The number of sulfonamides is 1. The van der Waals surface area contributed by atoms with E-state index in [4.69, 9.17) is 9.47 Å². The molecule has 0 aliphatic rings. The van der Waals surface area contributed by atoms with E-state index in [1.54, 1.807) is 18.2 Å². The largest absolute Gasteiger partial charge is 0.493 e. The monoisotopic (exact) mass is 406 g/mol. The Morgan fingerprint density at radius 1 is 1.07 bits per heavy atom. The summed E-state index contributed by atoms with van der Waals surface area (Å²) >= 11 is 0. The Morgan fingerprint density at radius 2 is 1.71 bits per heavy atom. The summed E-state index contributed by atoms with van der Waals surface area (Å²) in [7, 11) is -0.788. The maximum Gasteiger partial charge on any atom is 0.248 e. The van der Waals surface area contributed by atoms with Crippen LogP contribution >= 0.6 is 0 Å². The maximum absolute atomic E-state index is 12.8. The van der Waals surface area contributed by atoms with Gasteiger partial charge in [-0.2, -0.15) is 0 Å². The van der Waals surface area contributed by atoms with Crippen molar-refractivity contribution < 1.29 is 22.7 Å². The molecule has 0 fully saturated rings. The highest BCUT2D eigenvalue weighted by Gasteiger charge is 2.30. The van der Waals surface area contributed by atoms with Gasteiger partial charge in [0.25, 0.3) is 0 Å². The zero-order valence-electron chi connectivity index (χ0n) is 16.9. The van der Waals surface area contributed by atoms with Crippen molar-refractivity contribution in [1.82, 2.24) is 0 Å². The van der Waals surface area contributed by atoms with E-state index in [1.807, 2.05) is 26.0 Å². The number of anilines is 2. The van der Waals surface area contributed by atoms with Crippen LogP contribution in [0.15, 0.2) is 36.4 Å². The van der Waals surface area contributed by atoms with Crippen LogP contribution in [0.25, 0.3) is 0 Å². The van der Waals surface area contributed by atoms with Gasteiger partial charge in [-0.3, -0.25) is 9.10 Å². The maximum atomic E-state index is 12.8. The quantitative estimate of drug-likeness (QED) is 0.764. The molecule has 0 bridgehead atoms. The third-order valence-electron chi connectivity index (χ3n) is 4.57. The number of rotatable bonds is 7. The van der Waals surface area contributed by atoms with Crippen LogP contribution in [0.1, 0.15) is 18.1 Å². The lowest BCUT2D eigenvalue weighted by molar-refractivity contribution is -0.116. The zero-order chi connectivity index (χ0) is 21.1. The second-order valence-electron chi connectivity index (χ2n) is 6.51. The molecule has 0 aliphatic heterocycles. The lowest BCUT2D eigenvalue weighted by Crippen LogP contribution is -2.45. The highest BCUT2D eigenvalue weighted by molar-refractivity contribution is 7.92. The molecule has 28 heavy (non-hydrogen) atoms. The Labute approximate surface area is 166 Å². The minimum Gasteiger partial charge on any atom is -0.493 e. The van der Waals surface area contributed by atoms with Gasteiger partial charge in [0.05, 0.1) is 26.2 Å². The lowest BCUT2D eigenvalue weighted by Gasteiger charge is -2.29. The number of amides is 1. The molecule has 0 unspecified atom stereocenters. The van der Waals surface area contributed by atoms with Gasteiger partial charge in [-0.05, 0) is 50.1 Å². The number of ether oxygens (including phenoxy) is 2. The van der Waals surface area contributed by atoms with Crippen molar-refractivity contribution in [2.75, 3.05) is 30.1 Å². The molecule has 152 valence electrons. The van der Waals surface area contributed by atoms with Crippen molar-refractivity contribution in [1.29, 1.82) is 0 Å². The minimum absolute atomic E-state index is 0.309. The average molecular weight is 407 g/mol. The number of aryl methyl sites for hydroxylation is 1. The van der Waals surface area contributed by atoms with E-state index in [9.17, 15) is 13.2 Å². The molecular weight excluding hydrogens is 380 g/mol. The summed E-state index contributed by atoms with van der Waals surface area (Å²) < 4.78 is 36.5. The molecule has 0 saturated heterocycles. The van der Waals surface area contributed by atoms with Crippen molar-refractivity contribution in [3.63, 3.8) is 0 Å². The molecule has 2 aromatic rings. The SMILES string of the molecule is COc1ccc(N([C@H](C)C(=O)Nc2cccc(C)c2C)S(C)(=O)=O)cc1OC. The highest BCUT2D eigenvalue weighted by Crippen LogP contribution is 2.33. The molecule has 2 aromatic carbocycles. The normalized spacial score (nSPS) is 12.2. The number of nitrogens with zero attached hydrogens (tertiary/aromatic N) is 1. The number of benzene rings is 2. The van der Waals surface area contributed by atoms with E-state index in [0.717, 1.165) is 21.7 Å². The van der Waals surface area contributed by atoms with Crippen LogP contribution in [0, 0.1) is 13.8 Å².